The lowest BCUT2D eigenvalue weighted by atomic mass is 9.48. The average molecular weight is 569 g/mol. The highest BCUT2D eigenvalue weighted by Gasteiger charge is 2.59. The number of amides is 2. The summed E-state index contributed by atoms with van der Waals surface area (Å²) in [7, 11) is 0. The molecule has 0 radical (unpaired) electrons. The highest BCUT2D eigenvalue weighted by molar-refractivity contribution is 6.18. The summed E-state index contributed by atoms with van der Waals surface area (Å²) in [6.45, 7) is 7.02. The fourth-order valence-corrected chi connectivity index (χ4v) is 9.75. The molecule has 3 saturated carbocycles. The number of likely N-dealkylation sites (tertiary alicyclic amines) is 1. The molecule has 0 aromatic heterocycles. The normalized spacial score (nSPS) is 40.4. The van der Waals surface area contributed by atoms with Crippen molar-refractivity contribution in [2.24, 2.45) is 28.6 Å². The standard InChI is InChI=1S/C30H47Cl2N3O3/c1-29-11-9-21(36)18-20(29)5-6-22-23-7-8-26(30(23,2)12-10-24(22)29)33-28(38)25-4-3-15-35(25)27(37)19-34(16-13-31)17-14-32/h5,21-26,36H,3-4,6-19H2,1-2H3,(H,33,38). The largest absolute Gasteiger partial charge is 0.393 e. The van der Waals surface area contributed by atoms with Gasteiger partial charge in [-0.2, -0.15) is 0 Å². The van der Waals surface area contributed by atoms with Gasteiger partial charge in [0, 0.05) is 37.4 Å². The first kappa shape index (κ1) is 28.7. The first-order valence-corrected chi connectivity index (χ1v) is 16.1. The number of hydrogen-bond acceptors (Lipinski definition) is 4. The quantitative estimate of drug-likeness (QED) is 0.333. The van der Waals surface area contributed by atoms with Crippen LogP contribution in [0.25, 0.3) is 0 Å². The molecule has 0 spiro atoms. The van der Waals surface area contributed by atoms with E-state index in [9.17, 15) is 14.7 Å². The Bertz CT molecular complexity index is 924. The number of fused-ring (bicyclic) bond motifs is 5. The van der Waals surface area contributed by atoms with Gasteiger partial charge in [-0.25, -0.2) is 0 Å². The molecule has 8 heteroatoms. The number of aliphatic hydroxyl groups excluding tert-OH is 1. The lowest BCUT2D eigenvalue weighted by molar-refractivity contribution is -0.140. The molecule has 1 heterocycles. The Morgan fingerprint density at radius 2 is 1.84 bits per heavy atom. The molecule has 4 aliphatic carbocycles. The number of halogens is 2. The monoisotopic (exact) mass is 567 g/mol. The van der Waals surface area contributed by atoms with E-state index in [0.717, 1.165) is 51.4 Å². The molecule has 2 amide bonds. The Hall–Kier alpha value is -0.820. The highest BCUT2D eigenvalue weighted by Crippen LogP contribution is 2.64. The van der Waals surface area contributed by atoms with Gasteiger partial charge in [-0.15, -0.1) is 23.2 Å². The summed E-state index contributed by atoms with van der Waals surface area (Å²) in [5.41, 5.74) is 1.85. The molecule has 0 aromatic carbocycles. The van der Waals surface area contributed by atoms with Crippen molar-refractivity contribution >= 4 is 35.0 Å². The first-order chi connectivity index (χ1) is 18.2. The molecule has 8 atom stereocenters. The molecule has 5 aliphatic rings. The molecular weight excluding hydrogens is 521 g/mol. The van der Waals surface area contributed by atoms with E-state index in [-0.39, 0.29) is 47.4 Å². The second-order valence-corrected chi connectivity index (χ2v) is 14.0. The maximum Gasteiger partial charge on any atom is 0.243 e. The fourth-order valence-electron chi connectivity index (χ4n) is 9.28. The second-order valence-electron chi connectivity index (χ2n) is 13.2. The summed E-state index contributed by atoms with van der Waals surface area (Å²) in [6.07, 6.45) is 12.5. The van der Waals surface area contributed by atoms with Crippen molar-refractivity contribution in [3.63, 3.8) is 0 Å². The smallest absolute Gasteiger partial charge is 0.243 e. The molecule has 2 N–H and O–H groups in total. The lowest BCUT2D eigenvalue weighted by Crippen LogP contribution is -2.56. The SMILES string of the molecule is CC12CCC(O)CC1=CCC1C2CCC2(C)C(NC(=O)C3CCCN3C(=O)CN(CCCl)CCCl)CCC12. The van der Waals surface area contributed by atoms with Crippen molar-refractivity contribution < 1.29 is 14.7 Å². The first-order valence-electron chi connectivity index (χ1n) is 15.0. The van der Waals surface area contributed by atoms with Gasteiger partial charge in [0.15, 0.2) is 0 Å². The summed E-state index contributed by atoms with van der Waals surface area (Å²) in [4.78, 5) is 30.6. The van der Waals surface area contributed by atoms with E-state index in [2.05, 4.69) is 25.2 Å². The maximum atomic E-state index is 13.6. The van der Waals surface area contributed by atoms with Crippen LogP contribution in [0.15, 0.2) is 11.6 Å². The number of nitrogens with one attached hydrogen (secondary N) is 1. The van der Waals surface area contributed by atoms with Crippen molar-refractivity contribution in [1.29, 1.82) is 0 Å². The van der Waals surface area contributed by atoms with Crippen LogP contribution in [0.1, 0.15) is 78.1 Å². The third-order valence-electron chi connectivity index (χ3n) is 11.4. The van der Waals surface area contributed by atoms with E-state index >= 15 is 0 Å². The third kappa shape index (κ3) is 5.17. The predicted octanol–water partition coefficient (Wildman–Crippen LogP) is 4.57. The number of allylic oxidation sites excluding steroid dienone is 1. The maximum absolute atomic E-state index is 13.6. The number of nitrogens with zero attached hydrogens (tertiary/aromatic N) is 2. The van der Waals surface area contributed by atoms with Crippen molar-refractivity contribution in [2.75, 3.05) is 37.9 Å². The van der Waals surface area contributed by atoms with E-state index in [0.29, 0.717) is 49.1 Å². The molecule has 0 bridgehead atoms. The zero-order valence-electron chi connectivity index (χ0n) is 23.3. The van der Waals surface area contributed by atoms with Gasteiger partial charge in [-0.1, -0.05) is 25.5 Å². The molecule has 38 heavy (non-hydrogen) atoms. The lowest BCUT2D eigenvalue weighted by Gasteiger charge is -2.58. The van der Waals surface area contributed by atoms with Crippen molar-refractivity contribution in [3.8, 4) is 0 Å². The van der Waals surface area contributed by atoms with Gasteiger partial charge in [0.05, 0.1) is 12.6 Å². The minimum atomic E-state index is -0.372. The predicted molar refractivity (Wildman–Crippen MR) is 152 cm³/mol. The van der Waals surface area contributed by atoms with Crippen molar-refractivity contribution in [3.05, 3.63) is 11.6 Å². The molecule has 1 saturated heterocycles. The van der Waals surface area contributed by atoms with E-state index < -0.39 is 0 Å². The molecule has 1 aliphatic heterocycles. The summed E-state index contributed by atoms with van der Waals surface area (Å²) >= 11 is 11.8. The molecule has 5 rings (SSSR count). The number of rotatable bonds is 8. The Morgan fingerprint density at radius 1 is 1.08 bits per heavy atom. The average Bonchev–Trinajstić information content (AvgIpc) is 3.50. The molecule has 8 unspecified atom stereocenters. The Morgan fingerprint density at radius 3 is 2.58 bits per heavy atom. The van der Waals surface area contributed by atoms with Crippen LogP contribution in [0.5, 0.6) is 0 Å². The summed E-state index contributed by atoms with van der Waals surface area (Å²) in [6, 6.07) is -0.197. The second kappa shape index (κ2) is 11.6. The molecule has 4 fully saturated rings. The summed E-state index contributed by atoms with van der Waals surface area (Å²) in [5, 5.41) is 13.8. The number of hydrogen-bond donors (Lipinski definition) is 2. The molecular formula is C30H47Cl2N3O3. The van der Waals surface area contributed by atoms with Gasteiger partial charge in [-0.05, 0) is 92.8 Å². The van der Waals surface area contributed by atoms with Crippen LogP contribution in [0, 0.1) is 28.6 Å². The number of carbonyl (C=O) groups excluding carboxylic acids is 2. The zero-order chi connectivity index (χ0) is 27.1. The Kier molecular flexibility index (Phi) is 8.75. The number of aliphatic hydroxyl groups is 1. The van der Waals surface area contributed by atoms with Gasteiger partial charge in [0.2, 0.25) is 11.8 Å². The highest BCUT2D eigenvalue weighted by atomic mass is 35.5. The van der Waals surface area contributed by atoms with E-state index in [1.165, 1.54) is 18.4 Å². The van der Waals surface area contributed by atoms with Crippen LogP contribution < -0.4 is 5.32 Å². The minimum Gasteiger partial charge on any atom is -0.393 e. The van der Waals surface area contributed by atoms with Crippen LogP contribution in [0.3, 0.4) is 0 Å². The van der Waals surface area contributed by atoms with Gasteiger partial charge >= 0.3 is 0 Å². The summed E-state index contributed by atoms with van der Waals surface area (Å²) < 4.78 is 0. The fraction of sp³-hybridized carbons (Fsp3) is 0.867. The number of carbonyl (C=O) groups is 2. The van der Waals surface area contributed by atoms with Crippen LogP contribution >= 0.6 is 23.2 Å². The van der Waals surface area contributed by atoms with Crippen LogP contribution in [0.4, 0.5) is 0 Å². The van der Waals surface area contributed by atoms with Gasteiger partial charge in [-0.3, -0.25) is 14.5 Å². The van der Waals surface area contributed by atoms with Gasteiger partial charge in [0.25, 0.3) is 0 Å². The molecule has 0 aromatic rings. The Balaban J connectivity index is 1.24. The minimum absolute atomic E-state index is 0.00421. The van der Waals surface area contributed by atoms with E-state index in [4.69, 9.17) is 23.2 Å². The van der Waals surface area contributed by atoms with Crippen LogP contribution in [-0.4, -0.2) is 82.8 Å². The summed E-state index contributed by atoms with van der Waals surface area (Å²) in [5.74, 6) is 2.92. The Labute approximate surface area is 238 Å². The molecule has 6 nitrogen and oxygen atoms in total. The van der Waals surface area contributed by atoms with Crippen molar-refractivity contribution in [2.45, 2.75) is 96.2 Å². The van der Waals surface area contributed by atoms with Gasteiger partial charge < -0.3 is 15.3 Å². The van der Waals surface area contributed by atoms with Crippen LogP contribution in [-0.2, 0) is 9.59 Å². The van der Waals surface area contributed by atoms with Gasteiger partial charge in [0.1, 0.15) is 6.04 Å². The van der Waals surface area contributed by atoms with E-state index in [1.807, 2.05) is 4.90 Å². The van der Waals surface area contributed by atoms with Crippen molar-refractivity contribution in [1.82, 2.24) is 15.1 Å². The topological polar surface area (TPSA) is 72.9 Å². The van der Waals surface area contributed by atoms with Crippen LogP contribution in [0.2, 0.25) is 0 Å². The van der Waals surface area contributed by atoms with E-state index in [1.54, 1.807) is 4.90 Å². The zero-order valence-corrected chi connectivity index (χ0v) is 24.8. The molecule has 214 valence electrons. The number of alkyl halides is 2. The third-order valence-corrected chi connectivity index (χ3v) is 11.8.